The molecule has 10 rings (SSSR count). The van der Waals surface area contributed by atoms with Crippen molar-refractivity contribution in [3.63, 3.8) is 0 Å². The quantitative estimate of drug-likeness (QED) is 0.0494. The number of amides is 1. The predicted octanol–water partition coefficient (Wildman–Crippen LogP) is 9.25. The van der Waals surface area contributed by atoms with Gasteiger partial charge in [-0.3, -0.25) is 29.4 Å². The number of nitro benzene ring substituents is 1. The number of halogens is 2. The molecule has 5 heterocycles. The van der Waals surface area contributed by atoms with Crippen LogP contribution in [-0.4, -0.2) is 118 Å². The van der Waals surface area contributed by atoms with Crippen molar-refractivity contribution in [1.29, 1.82) is 0 Å². The number of H-pyrrole nitrogens is 1. The van der Waals surface area contributed by atoms with Crippen LogP contribution in [0.1, 0.15) is 91.4 Å². The van der Waals surface area contributed by atoms with Crippen molar-refractivity contribution in [2.45, 2.75) is 87.5 Å². The van der Waals surface area contributed by atoms with Gasteiger partial charge in [0.2, 0.25) is 10.0 Å². The summed E-state index contributed by atoms with van der Waals surface area (Å²) in [7, 11) is -8.19. The van der Waals surface area contributed by atoms with Gasteiger partial charge < -0.3 is 24.7 Å². The number of pyridine rings is 1. The Morgan fingerprint density at radius 3 is 2.40 bits per heavy atom. The SMILES string of the molecule is CC(C)c1ccccc1[C@@H]1CN(Cc2ccc(NS(C)(=O)=O)cc2)CCN1C1CC2(CCN(c3cc(Oc4cnc5[nH]ccc5c4)c(C(=O)NS(=O)(=O)c4ccc(NCC5(F)CCOCC5)c([N+](=O)[O-])c4)cc3F)CC2)C1. The second-order valence-electron chi connectivity index (χ2n) is 21.4. The predicted molar refractivity (Wildman–Crippen MR) is 290 cm³/mol. The molecule has 18 nitrogen and oxygen atoms in total. The number of sulfonamides is 2. The Hall–Kier alpha value is -6.72. The fourth-order valence-electron chi connectivity index (χ4n) is 11.5. The molecule has 4 N–H and O–H groups in total. The van der Waals surface area contributed by atoms with Crippen LogP contribution in [0.25, 0.3) is 11.0 Å². The van der Waals surface area contributed by atoms with Gasteiger partial charge >= 0.3 is 0 Å². The van der Waals surface area contributed by atoms with Crippen molar-refractivity contribution in [1.82, 2.24) is 24.5 Å². The number of piperazine rings is 1. The van der Waals surface area contributed by atoms with Crippen LogP contribution < -0.4 is 24.4 Å². The summed E-state index contributed by atoms with van der Waals surface area (Å²) < 4.78 is 99.1. The fourth-order valence-corrected chi connectivity index (χ4v) is 13.1. The third kappa shape index (κ3) is 12.1. The van der Waals surface area contributed by atoms with Gasteiger partial charge in [-0.05, 0) is 96.2 Å². The summed E-state index contributed by atoms with van der Waals surface area (Å²) in [5, 5.41) is 15.6. The minimum Gasteiger partial charge on any atom is -0.455 e. The number of carbonyl (C=O) groups excluding carboxylic acids is 1. The van der Waals surface area contributed by atoms with E-state index in [0.29, 0.717) is 41.8 Å². The Morgan fingerprint density at radius 1 is 0.948 bits per heavy atom. The van der Waals surface area contributed by atoms with Crippen LogP contribution in [0.3, 0.4) is 0 Å². The summed E-state index contributed by atoms with van der Waals surface area (Å²) in [5.41, 5.74) is 2.21. The Morgan fingerprint density at radius 2 is 1.69 bits per heavy atom. The van der Waals surface area contributed by atoms with Gasteiger partial charge in [0, 0.05) is 113 Å². The average molecular weight is 1100 g/mol. The van der Waals surface area contributed by atoms with Crippen molar-refractivity contribution in [2.75, 3.05) is 73.7 Å². The number of nitrogens with one attached hydrogen (secondary N) is 4. The summed E-state index contributed by atoms with van der Waals surface area (Å²) in [5.74, 6) is -1.62. The number of aromatic amines is 1. The number of carbonyl (C=O) groups is 1. The number of aromatic nitrogens is 2. The Bertz CT molecular complexity index is 3400. The maximum Gasteiger partial charge on any atom is 0.293 e. The number of hydrogen-bond donors (Lipinski definition) is 4. The van der Waals surface area contributed by atoms with Crippen LogP contribution in [0.5, 0.6) is 11.5 Å². The number of alkyl halides is 1. The summed E-state index contributed by atoms with van der Waals surface area (Å²) in [4.78, 5) is 39.3. The molecule has 6 aromatic rings. The molecule has 4 aliphatic rings. The van der Waals surface area contributed by atoms with Crippen molar-refractivity contribution in [3.8, 4) is 11.5 Å². The van der Waals surface area contributed by atoms with Crippen LogP contribution in [-0.2, 0) is 31.3 Å². The van der Waals surface area contributed by atoms with E-state index in [1.165, 1.54) is 23.4 Å². The number of rotatable bonds is 17. The topological polar surface area (TPSA) is 221 Å². The second kappa shape index (κ2) is 21.6. The van der Waals surface area contributed by atoms with Gasteiger partial charge in [-0.2, -0.15) is 0 Å². The average Bonchev–Trinajstić information content (AvgIpc) is 3.86. The molecule has 22 heteroatoms. The van der Waals surface area contributed by atoms with E-state index in [1.807, 2.05) is 21.8 Å². The number of ether oxygens (including phenoxy) is 2. The molecule has 4 fully saturated rings. The molecule has 3 aliphatic heterocycles. The van der Waals surface area contributed by atoms with Gasteiger partial charge in [0.05, 0.1) is 33.5 Å². The van der Waals surface area contributed by atoms with E-state index in [9.17, 15) is 31.7 Å². The molecule has 1 atom stereocenters. The number of fused-ring (bicyclic) bond motifs is 1. The second-order valence-corrected chi connectivity index (χ2v) is 24.8. The number of nitrogens with zero attached hydrogens (tertiary/aromatic N) is 5. The zero-order valence-electron chi connectivity index (χ0n) is 43.1. The molecule has 3 saturated heterocycles. The number of anilines is 3. The Labute approximate surface area is 446 Å². The minimum absolute atomic E-state index is 0.0490. The molecule has 2 aromatic heterocycles. The highest BCUT2D eigenvalue weighted by atomic mass is 32.2. The minimum atomic E-state index is -4.80. The maximum atomic E-state index is 16.6. The first-order valence-corrected chi connectivity index (χ1v) is 29.3. The lowest BCUT2D eigenvalue weighted by Gasteiger charge is -2.58. The van der Waals surface area contributed by atoms with Gasteiger partial charge in [0.15, 0.2) is 0 Å². The molecular weight excluding hydrogens is 1030 g/mol. The zero-order chi connectivity index (χ0) is 54.3. The van der Waals surface area contributed by atoms with E-state index in [2.05, 4.69) is 67.9 Å². The highest BCUT2D eigenvalue weighted by Gasteiger charge is 2.50. The normalized spacial score (nSPS) is 19.2. The molecule has 1 spiro atoms. The van der Waals surface area contributed by atoms with E-state index < -0.39 is 58.5 Å². The molecular formula is C55H63F2N9O9S2. The van der Waals surface area contributed by atoms with Gasteiger partial charge in [0.25, 0.3) is 21.6 Å². The molecule has 408 valence electrons. The van der Waals surface area contributed by atoms with Gasteiger partial charge in [-0.15, -0.1) is 0 Å². The molecule has 77 heavy (non-hydrogen) atoms. The lowest BCUT2D eigenvalue weighted by atomic mass is 9.59. The number of nitro groups is 1. The fraction of sp³-hybridized carbons (Fsp3) is 0.418. The molecule has 1 saturated carbocycles. The maximum absolute atomic E-state index is 16.6. The van der Waals surface area contributed by atoms with Crippen LogP contribution in [0.15, 0.2) is 108 Å². The van der Waals surface area contributed by atoms with Crippen molar-refractivity contribution >= 4 is 59.7 Å². The first-order chi connectivity index (χ1) is 36.7. The van der Waals surface area contributed by atoms with Crippen LogP contribution in [0.4, 0.5) is 31.5 Å². The molecule has 0 radical (unpaired) electrons. The van der Waals surface area contributed by atoms with Gasteiger partial charge in [0.1, 0.15) is 34.3 Å². The number of benzene rings is 4. The lowest BCUT2D eigenvalue weighted by molar-refractivity contribution is -0.384. The molecule has 0 unspecified atom stereocenters. The van der Waals surface area contributed by atoms with E-state index in [-0.39, 0.29) is 66.9 Å². The van der Waals surface area contributed by atoms with E-state index >= 15 is 8.78 Å². The summed E-state index contributed by atoms with van der Waals surface area (Å²) in [6, 6.07) is 25.5. The van der Waals surface area contributed by atoms with E-state index in [1.54, 1.807) is 30.5 Å². The summed E-state index contributed by atoms with van der Waals surface area (Å²) in [6.45, 7) is 8.94. The summed E-state index contributed by atoms with van der Waals surface area (Å²) >= 11 is 0. The Balaban J connectivity index is 0.844. The monoisotopic (exact) mass is 1100 g/mol. The Kier molecular flexibility index (Phi) is 15.1. The zero-order valence-corrected chi connectivity index (χ0v) is 44.8. The van der Waals surface area contributed by atoms with E-state index in [4.69, 9.17) is 9.47 Å². The highest BCUT2D eigenvalue weighted by molar-refractivity contribution is 7.92. The van der Waals surface area contributed by atoms with Crippen LogP contribution in [0.2, 0.25) is 0 Å². The smallest absolute Gasteiger partial charge is 0.293 e. The standard InChI is InChI=1S/C55H63F2N9O9S2/c1-36(2)43-6-4-5-7-44(43)50-34-63(33-37-8-10-39(11-9-37)61-76(3,70)71)22-23-65(50)40-30-54(31-40)15-20-64(21-16-54)48-29-51(75-41-26-38-14-19-58-52(38)59-32-41)45(28-46(48)56)53(67)62-77(72,73)42-12-13-47(49(27-42)66(68)69)60-35-55(57)17-24-74-25-18-55/h4-14,19,26-29,32,36,40,50,60-61H,15-18,20-25,30-31,33-35H2,1-3H3,(H,58,59)(H,62,67)/t50-/m0/s1. The van der Waals surface area contributed by atoms with Gasteiger partial charge in [-0.1, -0.05) is 50.2 Å². The molecule has 0 bridgehead atoms. The number of piperidine rings is 1. The highest BCUT2D eigenvalue weighted by Crippen LogP contribution is 2.54. The largest absolute Gasteiger partial charge is 0.455 e. The number of hydrogen-bond acceptors (Lipinski definition) is 14. The lowest BCUT2D eigenvalue weighted by Crippen LogP contribution is -2.60. The summed E-state index contributed by atoms with van der Waals surface area (Å²) in [6.07, 6.45) is 8.02. The first kappa shape index (κ1) is 53.7. The van der Waals surface area contributed by atoms with Crippen molar-refractivity contribution in [3.05, 3.63) is 142 Å². The third-order valence-electron chi connectivity index (χ3n) is 15.7. The van der Waals surface area contributed by atoms with Crippen molar-refractivity contribution < 1.29 is 44.8 Å². The van der Waals surface area contributed by atoms with Crippen molar-refractivity contribution in [2.24, 2.45) is 5.41 Å². The molecule has 1 aliphatic carbocycles. The third-order valence-corrected chi connectivity index (χ3v) is 17.6. The molecule has 4 aromatic carbocycles. The van der Waals surface area contributed by atoms with Crippen LogP contribution >= 0.6 is 0 Å². The molecule has 1 amide bonds. The van der Waals surface area contributed by atoms with E-state index in [0.717, 1.165) is 87.9 Å². The van der Waals surface area contributed by atoms with Gasteiger partial charge in [-0.25, -0.2) is 35.3 Å². The van der Waals surface area contributed by atoms with Crippen LogP contribution in [0, 0.1) is 21.3 Å². The first-order valence-electron chi connectivity index (χ1n) is 25.9.